The van der Waals surface area contributed by atoms with Crippen molar-refractivity contribution in [3.05, 3.63) is 101 Å². The van der Waals surface area contributed by atoms with Crippen LogP contribution in [-0.4, -0.2) is 15.1 Å². The molecule has 3 nitrogen and oxygen atoms in total. The van der Waals surface area contributed by atoms with Gasteiger partial charge in [-0.05, 0) is 29.8 Å². The summed E-state index contributed by atoms with van der Waals surface area (Å²) in [6.07, 6.45) is 4.10. The van der Waals surface area contributed by atoms with Gasteiger partial charge in [0.05, 0.1) is 0 Å². The van der Waals surface area contributed by atoms with E-state index in [1.807, 2.05) is 66.7 Å². The molecule has 128 valence electrons. The van der Waals surface area contributed by atoms with E-state index in [1.165, 1.54) is 0 Å². The number of phenolic OH excluding ortho intramolecular Hbond substituents is 1. The number of halogens is 1. The van der Waals surface area contributed by atoms with E-state index >= 15 is 0 Å². The predicted molar refractivity (Wildman–Crippen MR) is 105 cm³/mol. The molecule has 0 spiro atoms. The summed E-state index contributed by atoms with van der Waals surface area (Å²) in [4.78, 5) is 8.80. The molecule has 0 aliphatic rings. The molecule has 1 atom stereocenters. The highest BCUT2D eigenvalue weighted by Crippen LogP contribution is 2.39. The SMILES string of the molecule is Oc1c(C(Cc2ccccn2)c2ccccc2Cl)ccc2cccnc12. The number of nitrogens with zero attached hydrogens (tertiary/aromatic N) is 2. The molecule has 0 saturated heterocycles. The smallest absolute Gasteiger partial charge is 0.145 e. The molecule has 4 aromatic rings. The van der Waals surface area contributed by atoms with Crippen molar-refractivity contribution < 1.29 is 5.11 Å². The standard InChI is InChI=1S/C22H17ClN2O/c23-20-9-2-1-8-17(20)19(14-16-7-3-4-12-24-16)18-11-10-15-6-5-13-25-21(15)22(18)26/h1-13,19,26H,14H2. The maximum atomic E-state index is 10.9. The van der Waals surface area contributed by atoms with E-state index in [4.69, 9.17) is 11.6 Å². The first kappa shape index (κ1) is 16.6. The molecule has 0 amide bonds. The van der Waals surface area contributed by atoms with Crippen LogP contribution >= 0.6 is 11.6 Å². The van der Waals surface area contributed by atoms with E-state index in [0.29, 0.717) is 17.0 Å². The highest BCUT2D eigenvalue weighted by molar-refractivity contribution is 6.31. The normalized spacial score (nSPS) is 12.2. The van der Waals surface area contributed by atoms with E-state index in [9.17, 15) is 5.11 Å². The van der Waals surface area contributed by atoms with Gasteiger partial charge < -0.3 is 5.11 Å². The highest BCUT2D eigenvalue weighted by atomic mass is 35.5. The van der Waals surface area contributed by atoms with Crippen LogP contribution in [0.3, 0.4) is 0 Å². The van der Waals surface area contributed by atoms with Gasteiger partial charge in [0.25, 0.3) is 0 Å². The van der Waals surface area contributed by atoms with Crippen molar-refractivity contribution in [3.63, 3.8) is 0 Å². The van der Waals surface area contributed by atoms with Crippen molar-refractivity contribution >= 4 is 22.5 Å². The fraction of sp³-hybridized carbons (Fsp3) is 0.0909. The number of hydrogen-bond donors (Lipinski definition) is 1. The lowest BCUT2D eigenvalue weighted by atomic mass is 9.86. The first-order valence-corrected chi connectivity index (χ1v) is 8.83. The summed E-state index contributed by atoms with van der Waals surface area (Å²) in [5.74, 6) is 0.0777. The summed E-state index contributed by atoms with van der Waals surface area (Å²) in [6.45, 7) is 0. The van der Waals surface area contributed by atoms with Crippen LogP contribution in [0.1, 0.15) is 22.7 Å². The molecule has 4 heteroatoms. The Morgan fingerprint density at radius 3 is 2.42 bits per heavy atom. The minimum Gasteiger partial charge on any atom is -0.505 e. The number of hydrogen-bond acceptors (Lipinski definition) is 3. The molecule has 0 saturated carbocycles. The lowest BCUT2D eigenvalue weighted by Gasteiger charge is -2.21. The van der Waals surface area contributed by atoms with E-state index in [2.05, 4.69) is 9.97 Å². The molecule has 2 aromatic heterocycles. The molecule has 0 fully saturated rings. The Kier molecular flexibility index (Phi) is 4.55. The molecular weight excluding hydrogens is 344 g/mol. The molecule has 0 bridgehead atoms. The van der Waals surface area contributed by atoms with Crippen molar-refractivity contribution in [1.82, 2.24) is 9.97 Å². The second kappa shape index (κ2) is 7.14. The summed E-state index contributed by atoms with van der Waals surface area (Å²) in [6, 6.07) is 21.3. The van der Waals surface area contributed by atoms with Gasteiger partial charge in [0, 0.05) is 46.4 Å². The molecular formula is C22H17ClN2O. The molecule has 2 heterocycles. The van der Waals surface area contributed by atoms with Crippen molar-refractivity contribution in [2.45, 2.75) is 12.3 Å². The van der Waals surface area contributed by atoms with Crippen molar-refractivity contribution in [2.75, 3.05) is 0 Å². The maximum Gasteiger partial charge on any atom is 0.145 e. The van der Waals surface area contributed by atoms with Gasteiger partial charge in [0.2, 0.25) is 0 Å². The topological polar surface area (TPSA) is 46.0 Å². The average Bonchev–Trinajstić information content (AvgIpc) is 2.68. The quantitative estimate of drug-likeness (QED) is 0.532. The van der Waals surface area contributed by atoms with Crippen molar-refractivity contribution in [3.8, 4) is 5.75 Å². The number of benzene rings is 2. The fourth-order valence-corrected chi connectivity index (χ4v) is 3.57. The minimum absolute atomic E-state index is 0.120. The lowest BCUT2D eigenvalue weighted by molar-refractivity contribution is 0.469. The van der Waals surface area contributed by atoms with Gasteiger partial charge in [-0.25, -0.2) is 0 Å². The van der Waals surface area contributed by atoms with Crippen LogP contribution in [0.4, 0.5) is 0 Å². The summed E-state index contributed by atoms with van der Waals surface area (Å²) in [7, 11) is 0. The van der Waals surface area contributed by atoms with Crippen LogP contribution in [0.2, 0.25) is 5.02 Å². The van der Waals surface area contributed by atoms with Crippen LogP contribution < -0.4 is 0 Å². The van der Waals surface area contributed by atoms with Gasteiger partial charge in [-0.1, -0.05) is 54.1 Å². The summed E-state index contributed by atoms with van der Waals surface area (Å²) in [5.41, 5.74) is 3.31. The van der Waals surface area contributed by atoms with Crippen molar-refractivity contribution in [2.24, 2.45) is 0 Å². The number of pyridine rings is 2. The predicted octanol–water partition coefficient (Wildman–Crippen LogP) is 5.36. The number of rotatable bonds is 4. The van der Waals surface area contributed by atoms with Crippen LogP contribution in [0, 0.1) is 0 Å². The van der Waals surface area contributed by atoms with Gasteiger partial charge in [-0.2, -0.15) is 0 Å². The number of fused-ring (bicyclic) bond motifs is 1. The minimum atomic E-state index is -0.120. The van der Waals surface area contributed by atoms with Gasteiger partial charge in [0.15, 0.2) is 0 Å². The largest absolute Gasteiger partial charge is 0.505 e. The Labute approximate surface area is 156 Å². The average molecular weight is 361 g/mol. The Morgan fingerprint density at radius 2 is 1.62 bits per heavy atom. The molecule has 0 aliphatic carbocycles. The second-order valence-corrected chi connectivity index (χ2v) is 6.59. The van der Waals surface area contributed by atoms with E-state index in [-0.39, 0.29) is 11.7 Å². The monoisotopic (exact) mass is 360 g/mol. The van der Waals surface area contributed by atoms with Crippen LogP contribution in [-0.2, 0) is 6.42 Å². The number of aromatic hydroxyl groups is 1. The van der Waals surface area contributed by atoms with Gasteiger partial charge in [-0.3, -0.25) is 9.97 Å². The van der Waals surface area contributed by atoms with Gasteiger partial charge in [-0.15, -0.1) is 0 Å². The van der Waals surface area contributed by atoms with Crippen LogP contribution in [0.25, 0.3) is 10.9 Å². The zero-order chi connectivity index (χ0) is 17.9. The van der Waals surface area contributed by atoms with E-state index < -0.39 is 0 Å². The number of phenols is 1. The van der Waals surface area contributed by atoms with Gasteiger partial charge in [0.1, 0.15) is 11.3 Å². The fourth-order valence-electron chi connectivity index (χ4n) is 3.30. The molecule has 1 N–H and O–H groups in total. The zero-order valence-corrected chi connectivity index (χ0v) is 14.8. The molecule has 1 unspecified atom stereocenters. The third-order valence-corrected chi connectivity index (χ3v) is 4.92. The van der Waals surface area contributed by atoms with Crippen molar-refractivity contribution in [1.29, 1.82) is 0 Å². The number of aromatic nitrogens is 2. The molecule has 26 heavy (non-hydrogen) atoms. The van der Waals surface area contributed by atoms with Crippen LogP contribution in [0.5, 0.6) is 5.75 Å². The van der Waals surface area contributed by atoms with E-state index in [0.717, 1.165) is 22.2 Å². The second-order valence-electron chi connectivity index (χ2n) is 6.18. The lowest BCUT2D eigenvalue weighted by Crippen LogP contribution is -2.07. The van der Waals surface area contributed by atoms with Crippen LogP contribution in [0.15, 0.2) is 79.1 Å². The Bertz CT molecular complexity index is 1050. The Balaban J connectivity index is 1.88. The Hall–Kier alpha value is -2.91. The first-order chi connectivity index (χ1) is 12.7. The van der Waals surface area contributed by atoms with Gasteiger partial charge >= 0.3 is 0 Å². The highest BCUT2D eigenvalue weighted by Gasteiger charge is 2.22. The van der Waals surface area contributed by atoms with E-state index in [1.54, 1.807) is 12.4 Å². The third kappa shape index (κ3) is 3.14. The maximum absolute atomic E-state index is 10.9. The molecule has 4 rings (SSSR count). The molecule has 0 aliphatic heterocycles. The summed E-state index contributed by atoms with van der Waals surface area (Å²) < 4.78 is 0. The summed E-state index contributed by atoms with van der Waals surface area (Å²) >= 11 is 6.49. The molecule has 0 radical (unpaired) electrons. The summed E-state index contributed by atoms with van der Waals surface area (Å²) in [5, 5.41) is 12.5. The molecule has 2 aromatic carbocycles. The Morgan fingerprint density at radius 1 is 0.808 bits per heavy atom. The zero-order valence-electron chi connectivity index (χ0n) is 14.0. The first-order valence-electron chi connectivity index (χ1n) is 8.45. The third-order valence-electron chi connectivity index (χ3n) is 4.57.